The van der Waals surface area contributed by atoms with Crippen molar-refractivity contribution in [1.82, 2.24) is 10.1 Å². The number of rotatable bonds is 7. The highest BCUT2D eigenvalue weighted by Crippen LogP contribution is 2.23. The summed E-state index contributed by atoms with van der Waals surface area (Å²) in [5, 5.41) is 4.03. The van der Waals surface area contributed by atoms with Crippen molar-refractivity contribution in [2.45, 2.75) is 25.5 Å². The number of nitrogens with two attached hydrogens (primary N) is 1. The predicted molar refractivity (Wildman–Crippen MR) is 78.9 cm³/mol. The molecule has 0 unspecified atom stereocenters. The van der Waals surface area contributed by atoms with Gasteiger partial charge in [0.2, 0.25) is 0 Å². The summed E-state index contributed by atoms with van der Waals surface area (Å²) in [5.41, 5.74) is 7.77. The average molecular weight is 277 g/mol. The Morgan fingerprint density at radius 3 is 2.95 bits per heavy atom. The first kappa shape index (κ1) is 14.1. The van der Waals surface area contributed by atoms with E-state index in [1.165, 1.54) is 0 Å². The van der Waals surface area contributed by atoms with Gasteiger partial charge in [-0.25, -0.2) is 0 Å². The Morgan fingerprint density at radius 1 is 1.32 bits per heavy atom. The fourth-order valence-corrected chi connectivity index (χ4v) is 2.57. The second-order valence-electron chi connectivity index (χ2n) is 4.26. The van der Waals surface area contributed by atoms with Gasteiger partial charge in [0.05, 0.1) is 5.75 Å². The minimum absolute atomic E-state index is 0.594. The molecule has 0 aliphatic rings. The molecule has 5 heteroatoms. The smallest absolute Gasteiger partial charge is 0.258 e. The number of aromatic nitrogens is 2. The summed E-state index contributed by atoms with van der Waals surface area (Å²) in [6.45, 7) is 2.78. The van der Waals surface area contributed by atoms with Crippen molar-refractivity contribution in [2.24, 2.45) is 5.73 Å². The monoisotopic (exact) mass is 277 g/mol. The Kier molecular flexibility index (Phi) is 5.42. The Morgan fingerprint density at radius 2 is 2.16 bits per heavy atom. The van der Waals surface area contributed by atoms with E-state index < -0.39 is 0 Å². The van der Waals surface area contributed by atoms with Crippen LogP contribution in [-0.4, -0.2) is 22.4 Å². The summed E-state index contributed by atoms with van der Waals surface area (Å²) in [7, 11) is 0. The molecule has 0 amide bonds. The summed E-state index contributed by atoms with van der Waals surface area (Å²) in [4.78, 5) is 4.46. The zero-order valence-corrected chi connectivity index (χ0v) is 11.9. The average Bonchev–Trinajstić information content (AvgIpc) is 2.89. The standard InChI is InChI=1S/C14H19N3OS/c1-2-9-19-10-13-16-14(18-17-13)12-6-4-3-5-11(12)7-8-15/h3-6H,2,7-10,15H2,1H3. The summed E-state index contributed by atoms with van der Waals surface area (Å²) in [5.74, 6) is 3.27. The van der Waals surface area contributed by atoms with Crippen LogP contribution in [0.5, 0.6) is 0 Å². The third kappa shape index (κ3) is 3.81. The minimum Gasteiger partial charge on any atom is -0.334 e. The van der Waals surface area contributed by atoms with E-state index in [2.05, 4.69) is 23.1 Å². The molecule has 1 aromatic carbocycles. The van der Waals surface area contributed by atoms with Gasteiger partial charge in [0.15, 0.2) is 5.82 Å². The van der Waals surface area contributed by atoms with Crippen molar-refractivity contribution in [1.29, 1.82) is 0 Å². The first-order valence-electron chi connectivity index (χ1n) is 6.53. The summed E-state index contributed by atoms with van der Waals surface area (Å²) >= 11 is 1.82. The number of nitrogens with zero attached hydrogens (tertiary/aromatic N) is 2. The molecule has 19 heavy (non-hydrogen) atoms. The molecule has 0 bridgehead atoms. The van der Waals surface area contributed by atoms with Gasteiger partial charge >= 0.3 is 0 Å². The van der Waals surface area contributed by atoms with E-state index in [1.54, 1.807) is 0 Å². The third-order valence-corrected chi connectivity index (χ3v) is 3.87. The second kappa shape index (κ2) is 7.31. The van der Waals surface area contributed by atoms with E-state index in [0.717, 1.165) is 41.3 Å². The van der Waals surface area contributed by atoms with Crippen LogP contribution in [0.25, 0.3) is 11.5 Å². The van der Waals surface area contributed by atoms with Crippen LogP contribution in [0.2, 0.25) is 0 Å². The van der Waals surface area contributed by atoms with Crippen molar-refractivity contribution < 1.29 is 4.52 Å². The number of thioether (sulfide) groups is 1. The maximum atomic E-state index is 5.62. The molecule has 2 aromatic rings. The number of hydrogen-bond donors (Lipinski definition) is 1. The Labute approximate surface area is 117 Å². The van der Waals surface area contributed by atoms with Gasteiger partial charge in [-0.05, 0) is 36.8 Å². The maximum Gasteiger partial charge on any atom is 0.258 e. The van der Waals surface area contributed by atoms with Crippen molar-refractivity contribution >= 4 is 11.8 Å². The molecule has 0 spiro atoms. The summed E-state index contributed by atoms with van der Waals surface area (Å²) in [6, 6.07) is 8.04. The molecule has 2 N–H and O–H groups in total. The molecule has 0 aliphatic heterocycles. The maximum absolute atomic E-state index is 5.62. The van der Waals surface area contributed by atoms with Crippen LogP contribution in [-0.2, 0) is 12.2 Å². The van der Waals surface area contributed by atoms with Gasteiger partial charge in [-0.15, -0.1) is 0 Å². The molecule has 0 atom stereocenters. The molecule has 0 fully saturated rings. The Bertz CT molecular complexity index is 513. The highest BCUT2D eigenvalue weighted by atomic mass is 32.2. The van der Waals surface area contributed by atoms with Crippen LogP contribution in [0.1, 0.15) is 24.7 Å². The van der Waals surface area contributed by atoms with Crippen LogP contribution in [0.4, 0.5) is 0 Å². The van der Waals surface area contributed by atoms with Gasteiger partial charge in [0.25, 0.3) is 5.89 Å². The van der Waals surface area contributed by atoms with Crippen LogP contribution >= 0.6 is 11.8 Å². The zero-order chi connectivity index (χ0) is 13.5. The lowest BCUT2D eigenvalue weighted by atomic mass is 10.0. The second-order valence-corrected chi connectivity index (χ2v) is 5.37. The van der Waals surface area contributed by atoms with Crippen molar-refractivity contribution in [2.75, 3.05) is 12.3 Å². The molecule has 0 saturated heterocycles. The number of hydrogen-bond acceptors (Lipinski definition) is 5. The molecule has 0 aliphatic carbocycles. The Balaban J connectivity index is 2.13. The SMILES string of the molecule is CCCSCc1noc(-c2ccccc2CCN)n1. The fourth-order valence-electron chi connectivity index (χ4n) is 1.83. The molecular formula is C14H19N3OS. The van der Waals surface area contributed by atoms with Gasteiger partial charge < -0.3 is 10.3 Å². The lowest BCUT2D eigenvalue weighted by molar-refractivity contribution is 0.425. The summed E-state index contributed by atoms with van der Waals surface area (Å²) in [6.07, 6.45) is 1.98. The van der Waals surface area contributed by atoms with Crippen LogP contribution < -0.4 is 5.73 Å². The molecule has 2 rings (SSSR count). The molecular weight excluding hydrogens is 258 g/mol. The minimum atomic E-state index is 0.594. The zero-order valence-electron chi connectivity index (χ0n) is 11.1. The van der Waals surface area contributed by atoms with E-state index in [0.29, 0.717) is 12.4 Å². The molecule has 0 saturated carbocycles. The van der Waals surface area contributed by atoms with Crippen molar-refractivity contribution in [3.8, 4) is 11.5 Å². The first-order valence-corrected chi connectivity index (χ1v) is 7.69. The largest absolute Gasteiger partial charge is 0.334 e. The number of benzene rings is 1. The topological polar surface area (TPSA) is 64.9 Å². The lowest BCUT2D eigenvalue weighted by Crippen LogP contribution is -2.03. The van der Waals surface area contributed by atoms with Crippen LogP contribution in [0, 0.1) is 0 Å². The van der Waals surface area contributed by atoms with E-state index >= 15 is 0 Å². The van der Waals surface area contributed by atoms with Gasteiger partial charge in [-0.2, -0.15) is 16.7 Å². The van der Waals surface area contributed by atoms with Gasteiger partial charge in [-0.1, -0.05) is 30.3 Å². The highest BCUT2D eigenvalue weighted by Gasteiger charge is 2.12. The predicted octanol–water partition coefficient (Wildman–Crippen LogP) is 2.88. The molecule has 1 aromatic heterocycles. The quantitative estimate of drug-likeness (QED) is 0.788. The Hall–Kier alpha value is -1.33. The van der Waals surface area contributed by atoms with Crippen molar-refractivity contribution in [3.63, 3.8) is 0 Å². The van der Waals surface area contributed by atoms with Gasteiger partial charge in [0, 0.05) is 5.56 Å². The third-order valence-electron chi connectivity index (χ3n) is 2.71. The molecule has 1 heterocycles. The normalized spacial score (nSPS) is 10.8. The molecule has 4 nitrogen and oxygen atoms in total. The van der Waals surface area contributed by atoms with E-state index in [1.807, 2.05) is 30.0 Å². The van der Waals surface area contributed by atoms with Crippen LogP contribution in [0.3, 0.4) is 0 Å². The molecule has 0 radical (unpaired) electrons. The van der Waals surface area contributed by atoms with Gasteiger partial charge in [0.1, 0.15) is 0 Å². The van der Waals surface area contributed by atoms with Gasteiger partial charge in [-0.3, -0.25) is 0 Å². The van der Waals surface area contributed by atoms with Crippen molar-refractivity contribution in [3.05, 3.63) is 35.7 Å². The fraction of sp³-hybridized carbons (Fsp3) is 0.429. The highest BCUT2D eigenvalue weighted by molar-refractivity contribution is 7.98. The van der Waals surface area contributed by atoms with E-state index in [9.17, 15) is 0 Å². The van der Waals surface area contributed by atoms with E-state index in [4.69, 9.17) is 10.3 Å². The lowest BCUT2D eigenvalue weighted by Gasteiger charge is -2.03. The van der Waals surface area contributed by atoms with Crippen LogP contribution in [0.15, 0.2) is 28.8 Å². The van der Waals surface area contributed by atoms with E-state index in [-0.39, 0.29) is 0 Å². The first-order chi connectivity index (χ1) is 9.35. The summed E-state index contributed by atoms with van der Waals surface area (Å²) < 4.78 is 5.35. The molecule has 102 valence electrons.